The Labute approximate surface area is 125 Å². The highest BCUT2D eigenvalue weighted by Gasteiger charge is 2.34. The van der Waals surface area contributed by atoms with Gasteiger partial charge in [0.1, 0.15) is 5.82 Å². The van der Waals surface area contributed by atoms with Gasteiger partial charge in [0.05, 0.1) is 10.7 Å². The molecular formula is C14H22ClN5. The minimum absolute atomic E-state index is 0.539. The molecule has 0 aromatic carbocycles. The molecule has 0 aliphatic carbocycles. The molecule has 0 saturated carbocycles. The number of rotatable bonds is 3. The zero-order valence-corrected chi connectivity index (χ0v) is 12.6. The molecular weight excluding hydrogens is 274 g/mol. The number of hydrogen-bond donors (Lipinski definition) is 2. The fourth-order valence-electron chi connectivity index (χ4n) is 3.34. The van der Waals surface area contributed by atoms with Gasteiger partial charge >= 0.3 is 0 Å². The molecule has 3 heterocycles. The Balaban J connectivity index is 1.73. The third kappa shape index (κ3) is 2.76. The van der Waals surface area contributed by atoms with E-state index in [0.717, 1.165) is 25.3 Å². The van der Waals surface area contributed by atoms with Crippen molar-refractivity contribution < 1.29 is 0 Å². The average molecular weight is 296 g/mol. The largest absolute Gasteiger partial charge is 0.308 e. The summed E-state index contributed by atoms with van der Waals surface area (Å²) in [5.41, 5.74) is 3.49. The number of pyridine rings is 1. The molecule has 2 aliphatic heterocycles. The Morgan fingerprint density at radius 1 is 1.45 bits per heavy atom. The quantitative estimate of drug-likeness (QED) is 0.656. The molecule has 2 atom stereocenters. The number of nitrogens with zero attached hydrogens (tertiary/aromatic N) is 3. The molecule has 2 aliphatic rings. The second kappa shape index (κ2) is 5.85. The van der Waals surface area contributed by atoms with E-state index in [9.17, 15) is 0 Å². The van der Waals surface area contributed by atoms with Crippen LogP contribution in [0.2, 0.25) is 5.02 Å². The number of piperazine rings is 1. The summed E-state index contributed by atoms with van der Waals surface area (Å²) in [6.07, 6.45) is 2.64. The van der Waals surface area contributed by atoms with Crippen LogP contribution in [-0.4, -0.2) is 46.5 Å². The lowest BCUT2D eigenvalue weighted by atomic mass is 10.1. The Hall–Kier alpha value is -0.880. The van der Waals surface area contributed by atoms with Gasteiger partial charge in [0, 0.05) is 31.7 Å². The van der Waals surface area contributed by atoms with Crippen molar-refractivity contribution in [3.63, 3.8) is 0 Å². The van der Waals surface area contributed by atoms with Gasteiger partial charge in [0.15, 0.2) is 0 Å². The van der Waals surface area contributed by atoms with Gasteiger partial charge in [-0.3, -0.25) is 9.80 Å². The topological polar surface area (TPSA) is 57.4 Å². The van der Waals surface area contributed by atoms with Crippen LogP contribution in [0.4, 0.5) is 5.82 Å². The van der Waals surface area contributed by atoms with Gasteiger partial charge in [-0.05, 0) is 38.4 Å². The summed E-state index contributed by atoms with van der Waals surface area (Å²) >= 11 is 6.26. The van der Waals surface area contributed by atoms with Crippen LogP contribution < -0.4 is 11.3 Å². The van der Waals surface area contributed by atoms with Crippen molar-refractivity contribution in [1.29, 1.82) is 0 Å². The molecule has 1 aromatic heterocycles. The Morgan fingerprint density at radius 2 is 2.30 bits per heavy atom. The highest BCUT2D eigenvalue weighted by Crippen LogP contribution is 2.27. The fourth-order valence-corrected chi connectivity index (χ4v) is 3.50. The monoisotopic (exact) mass is 295 g/mol. The molecule has 0 bridgehead atoms. The summed E-state index contributed by atoms with van der Waals surface area (Å²) < 4.78 is 0. The van der Waals surface area contributed by atoms with E-state index in [-0.39, 0.29) is 0 Å². The van der Waals surface area contributed by atoms with Crippen LogP contribution in [0.1, 0.15) is 25.5 Å². The van der Waals surface area contributed by atoms with Crippen LogP contribution in [0, 0.1) is 0 Å². The Morgan fingerprint density at radius 3 is 3.10 bits per heavy atom. The van der Waals surface area contributed by atoms with E-state index in [4.69, 9.17) is 17.4 Å². The first kappa shape index (κ1) is 14.1. The van der Waals surface area contributed by atoms with Crippen molar-refractivity contribution >= 4 is 17.4 Å². The van der Waals surface area contributed by atoms with Crippen molar-refractivity contribution in [1.82, 2.24) is 14.8 Å². The lowest BCUT2D eigenvalue weighted by Gasteiger charge is -2.42. The number of fused-ring (bicyclic) bond motifs is 1. The molecule has 0 spiro atoms. The minimum atomic E-state index is 0.539. The average Bonchev–Trinajstić information content (AvgIpc) is 2.88. The minimum Gasteiger partial charge on any atom is -0.308 e. The SMILES string of the molecule is CC1CN2CCCC2CN1Cc1nc(NN)ccc1Cl. The summed E-state index contributed by atoms with van der Waals surface area (Å²) in [6.45, 7) is 6.60. The highest BCUT2D eigenvalue weighted by molar-refractivity contribution is 6.31. The molecule has 3 N–H and O–H groups in total. The lowest BCUT2D eigenvalue weighted by molar-refractivity contribution is 0.0532. The van der Waals surface area contributed by atoms with Gasteiger partial charge in [-0.25, -0.2) is 10.8 Å². The standard InChI is InChI=1S/C14H22ClN5/c1-10-7-19-6-2-3-11(19)8-20(10)9-13-12(15)4-5-14(17-13)18-16/h4-5,10-11H,2-3,6-9,16H2,1H3,(H,17,18). The van der Waals surface area contributed by atoms with Gasteiger partial charge in [-0.1, -0.05) is 11.6 Å². The molecule has 6 heteroatoms. The molecule has 0 amide bonds. The van der Waals surface area contributed by atoms with E-state index < -0.39 is 0 Å². The lowest BCUT2D eigenvalue weighted by Crippen LogP contribution is -2.54. The van der Waals surface area contributed by atoms with E-state index in [1.807, 2.05) is 6.07 Å². The second-order valence-electron chi connectivity index (χ2n) is 5.84. The predicted octanol–water partition coefficient (Wildman–Crippen LogP) is 1.69. The maximum atomic E-state index is 6.26. The number of halogens is 1. The molecule has 110 valence electrons. The Bertz CT molecular complexity index is 481. The van der Waals surface area contributed by atoms with Crippen LogP contribution in [-0.2, 0) is 6.54 Å². The molecule has 2 fully saturated rings. The van der Waals surface area contributed by atoms with Gasteiger partial charge in [0.25, 0.3) is 0 Å². The first-order chi connectivity index (χ1) is 9.67. The highest BCUT2D eigenvalue weighted by atomic mass is 35.5. The first-order valence-electron chi connectivity index (χ1n) is 7.27. The summed E-state index contributed by atoms with van der Waals surface area (Å²) in [5.74, 6) is 6.09. The van der Waals surface area contributed by atoms with Crippen molar-refractivity contribution in [2.75, 3.05) is 25.1 Å². The molecule has 0 radical (unpaired) electrons. The summed E-state index contributed by atoms with van der Waals surface area (Å²) in [4.78, 5) is 9.59. The van der Waals surface area contributed by atoms with Crippen LogP contribution in [0.25, 0.3) is 0 Å². The van der Waals surface area contributed by atoms with Crippen LogP contribution in [0.5, 0.6) is 0 Å². The second-order valence-corrected chi connectivity index (χ2v) is 6.25. The third-order valence-electron chi connectivity index (χ3n) is 4.49. The molecule has 5 nitrogen and oxygen atoms in total. The van der Waals surface area contributed by atoms with Gasteiger partial charge in [-0.15, -0.1) is 0 Å². The zero-order valence-electron chi connectivity index (χ0n) is 11.8. The molecule has 20 heavy (non-hydrogen) atoms. The number of nitrogens with two attached hydrogens (primary N) is 1. The molecule has 3 rings (SSSR count). The summed E-state index contributed by atoms with van der Waals surface area (Å²) in [7, 11) is 0. The number of anilines is 1. The maximum Gasteiger partial charge on any atom is 0.140 e. The van der Waals surface area contributed by atoms with E-state index in [1.165, 1.54) is 19.4 Å². The summed E-state index contributed by atoms with van der Waals surface area (Å²) in [5, 5.41) is 0.713. The number of aromatic nitrogens is 1. The first-order valence-corrected chi connectivity index (χ1v) is 7.65. The van der Waals surface area contributed by atoms with Crippen LogP contribution in [0.3, 0.4) is 0 Å². The number of hydrogen-bond acceptors (Lipinski definition) is 5. The van der Waals surface area contributed by atoms with Gasteiger partial charge in [0.2, 0.25) is 0 Å². The molecule has 2 unspecified atom stereocenters. The molecule has 2 saturated heterocycles. The van der Waals surface area contributed by atoms with Gasteiger partial charge < -0.3 is 5.43 Å². The number of nitrogens with one attached hydrogen (secondary N) is 1. The van der Waals surface area contributed by atoms with Crippen molar-refractivity contribution in [2.24, 2.45) is 5.84 Å². The van der Waals surface area contributed by atoms with Crippen LogP contribution in [0.15, 0.2) is 12.1 Å². The van der Waals surface area contributed by atoms with Gasteiger partial charge in [-0.2, -0.15) is 0 Å². The van der Waals surface area contributed by atoms with E-state index in [1.54, 1.807) is 6.07 Å². The summed E-state index contributed by atoms with van der Waals surface area (Å²) in [6, 6.07) is 4.90. The fraction of sp³-hybridized carbons (Fsp3) is 0.643. The van der Waals surface area contributed by atoms with Crippen molar-refractivity contribution in [3.8, 4) is 0 Å². The number of hydrazine groups is 1. The zero-order chi connectivity index (χ0) is 14.1. The number of nitrogen functional groups attached to an aromatic ring is 1. The van der Waals surface area contributed by atoms with Crippen LogP contribution >= 0.6 is 11.6 Å². The smallest absolute Gasteiger partial charge is 0.140 e. The van der Waals surface area contributed by atoms with E-state index in [2.05, 4.69) is 27.1 Å². The normalized spacial score (nSPS) is 27.6. The van der Waals surface area contributed by atoms with Crippen molar-refractivity contribution in [3.05, 3.63) is 22.8 Å². The maximum absolute atomic E-state index is 6.26. The van der Waals surface area contributed by atoms with Crippen molar-refractivity contribution in [2.45, 2.75) is 38.4 Å². The Kier molecular flexibility index (Phi) is 4.12. The van der Waals surface area contributed by atoms with E-state index >= 15 is 0 Å². The molecule has 1 aromatic rings. The predicted molar refractivity (Wildman–Crippen MR) is 81.5 cm³/mol. The third-order valence-corrected chi connectivity index (χ3v) is 4.83. The van der Waals surface area contributed by atoms with E-state index in [0.29, 0.717) is 22.9 Å².